The van der Waals surface area contributed by atoms with E-state index in [0.29, 0.717) is 0 Å². The van der Waals surface area contributed by atoms with E-state index in [4.69, 9.17) is 0 Å². The van der Waals surface area contributed by atoms with Gasteiger partial charge in [0.2, 0.25) is 0 Å². The molecule has 0 amide bonds. The van der Waals surface area contributed by atoms with Gasteiger partial charge < -0.3 is 9.80 Å². The summed E-state index contributed by atoms with van der Waals surface area (Å²) in [6.07, 6.45) is 0. The van der Waals surface area contributed by atoms with E-state index < -0.39 is 0 Å². The summed E-state index contributed by atoms with van der Waals surface area (Å²) in [4.78, 5) is 4.28. The fourth-order valence-electron chi connectivity index (χ4n) is 2.76. The van der Waals surface area contributed by atoms with Gasteiger partial charge in [0.15, 0.2) is 0 Å². The number of para-hydroxylation sites is 1. The van der Waals surface area contributed by atoms with Crippen LogP contribution in [-0.4, -0.2) is 28.2 Å². The third kappa shape index (κ3) is 6.40. The van der Waals surface area contributed by atoms with Crippen molar-refractivity contribution in [2.75, 3.05) is 38.0 Å². The van der Waals surface area contributed by atoms with Crippen molar-refractivity contribution in [1.82, 2.24) is 0 Å². The zero-order valence-electron chi connectivity index (χ0n) is 18.5. The van der Waals surface area contributed by atoms with Gasteiger partial charge in [-0.25, -0.2) is 0 Å². The Morgan fingerprint density at radius 1 is 0.577 bits per heavy atom. The number of anilines is 2. The summed E-state index contributed by atoms with van der Waals surface area (Å²) in [6, 6.07) is 17.3. The number of hydrogen-bond donors (Lipinski definition) is 0. The Balaban J connectivity index is 0.000000260. The molecule has 2 aromatic rings. The molecule has 0 atom stereocenters. The molecule has 0 heterocycles. The lowest BCUT2D eigenvalue weighted by Crippen LogP contribution is -2.18. The van der Waals surface area contributed by atoms with E-state index >= 15 is 0 Å². The summed E-state index contributed by atoms with van der Waals surface area (Å²) in [5.41, 5.74) is 5.84. The Kier molecular flexibility index (Phi) is 7.32. The first-order valence-corrected chi connectivity index (χ1v) is 9.38. The Morgan fingerprint density at radius 3 is 1.42 bits per heavy atom. The van der Waals surface area contributed by atoms with Crippen LogP contribution in [0.4, 0.5) is 11.4 Å². The van der Waals surface area contributed by atoms with E-state index in [1.807, 2.05) is 0 Å². The zero-order valence-corrected chi connectivity index (χ0v) is 18.5. The summed E-state index contributed by atoms with van der Waals surface area (Å²) in [6.45, 7) is 13.4. The van der Waals surface area contributed by atoms with Crippen molar-refractivity contribution in [3.8, 4) is 0 Å². The highest BCUT2D eigenvalue weighted by Gasteiger charge is 2.17. The largest absolute Gasteiger partial charge is 0.378 e. The average Bonchev–Trinajstić information content (AvgIpc) is 2.54. The molecule has 2 nitrogen and oxygen atoms in total. The molecule has 0 aromatic heterocycles. The first kappa shape index (κ1) is 22.1. The van der Waals surface area contributed by atoms with E-state index in [0.717, 1.165) is 0 Å². The molecule has 144 valence electrons. The molecule has 2 rings (SSSR count). The van der Waals surface area contributed by atoms with Gasteiger partial charge in [-0.15, -0.1) is 0 Å². The number of rotatable bonds is 2. The lowest BCUT2D eigenvalue weighted by atomic mass is 9.85. The maximum absolute atomic E-state index is 2.25. The Labute approximate surface area is 161 Å². The molecule has 0 aliphatic rings. The highest BCUT2D eigenvalue weighted by molar-refractivity contribution is 5.55. The maximum atomic E-state index is 2.25. The summed E-state index contributed by atoms with van der Waals surface area (Å²) < 4.78 is 0. The second-order valence-electron chi connectivity index (χ2n) is 9.35. The fourth-order valence-corrected chi connectivity index (χ4v) is 2.76. The standard InChI is InChI=1S/2C12H19N/c1-12(2,3)10-6-8-11(9-7-10)13(4)5;1-12(2,3)10-8-6-7-9-11(10)13(4)5/h2*6-9H,1-5H3. The Morgan fingerprint density at radius 2 is 1.08 bits per heavy atom. The molecule has 0 fully saturated rings. The van der Waals surface area contributed by atoms with Crippen molar-refractivity contribution in [1.29, 1.82) is 0 Å². The van der Waals surface area contributed by atoms with Crippen LogP contribution in [0.1, 0.15) is 52.7 Å². The second kappa shape index (κ2) is 8.62. The topological polar surface area (TPSA) is 6.48 Å². The minimum absolute atomic E-state index is 0.223. The molecule has 2 aromatic carbocycles. The predicted octanol–water partition coefficient (Wildman–Crippen LogP) is 6.10. The quantitative estimate of drug-likeness (QED) is 0.643. The highest BCUT2D eigenvalue weighted by Crippen LogP contribution is 2.30. The van der Waals surface area contributed by atoms with Gasteiger partial charge in [-0.1, -0.05) is 71.9 Å². The lowest BCUT2D eigenvalue weighted by Gasteiger charge is -2.26. The second-order valence-corrected chi connectivity index (χ2v) is 9.35. The van der Waals surface area contributed by atoms with Crippen molar-refractivity contribution >= 4 is 11.4 Å². The normalized spacial score (nSPS) is 11.5. The smallest absolute Gasteiger partial charge is 0.0398 e. The lowest BCUT2D eigenvalue weighted by molar-refractivity contribution is 0.589. The average molecular weight is 355 g/mol. The van der Waals surface area contributed by atoms with Gasteiger partial charge in [0.1, 0.15) is 0 Å². The molecular formula is C24H38N2. The van der Waals surface area contributed by atoms with Crippen LogP contribution >= 0.6 is 0 Å². The van der Waals surface area contributed by atoms with Crippen LogP contribution in [0.5, 0.6) is 0 Å². The SMILES string of the molecule is CN(C)c1ccc(C(C)(C)C)cc1.CN(C)c1ccccc1C(C)(C)C. The molecule has 0 spiro atoms. The van der Waals surface area contributed by atoms with Crippen molar-refractivity contribution in [2.24, 2.45) is 0 Å². The van der Waals surface area contributed by atoms with Gasteiger partial charge in [-0.2, -0.15) is 0 Å². The number of nitrogens with zero attached hydrogens (tertiary/aromatic N) is 2. The van der Waals surface area contributed by atoms with Crippen molar-refractivity contribution < 1.29 is 0 Å². The molecule has 0 N–H and O–H groups in total. The van der Waals surface area contributed by atoms with Crippen molar-refractivity contribution in [3.63, 3.8) is 0 Å². The molecule has 0 saturated heterocycles. The minimum atomic E-state index is 0.223. The molecule has 0 aliphatic carbocycles. The van der Waals surface area contributed by atoms with E-state index in [-0.39, 0.29) is 10.8 Å². The minimum Gasteiger partial charge on any atom is -0.378 e. The first-order valence-electron chi connectivity index (χ1n) is 9.38. The van der Waals surface area contributed by atoms with Crippen LogP contribution in [-0.2, 0) is 10.8 Å². The van der Waals surface area contributed by atoms with Crippen molar-refractivity contribution in [2.45, 2.75) is 52.4 Å². The monoisotopic (exact) mass is 354 g/mol. The van der Waals surface area contributed by atoms with Gasteiger partial charge in [0.25, 0.3) is 0 Å². The zero-order chi connectivity index (χ0) is 20.1. The molecule has 0 saturated carbocycles. The molecule has 0 radical (unpaired) electrons. The van der Waals surface area contributed by atoms with Crippen LogP contribution in [0.25, 0.3) is 0 Å². The van der Waals surface area contributed by atoms with Gasteiger partial charge in [-0.05, 0) is 40.2 Å². The summed E-state index contributed by atoms with van der Waals surface area (Å²) in [7, 11) is 8.30. The van der Waals surface area contributed by atoms with Gasteiger partial charge >= 0.3 is 0 Å². The van der Waals surface area contributed by atoms with Crippen LogP contribution in [0.3, 0.4) is 0 Å². The van der Waals surface area contributed by atoms with E-state index in [1.165, 1.54) is 22.5 Å². The van der Waals surface area contributed by atoms with Crippen LogP contribution < -0.4 is 9.80 Å². The van der Waals surface area contributed by atoms with Crippen LogP contribution in [0, 0.1) is 0 Å². The highest BCUT2D eigenvalue weighted by atomic mass is 15.1. The Bertz CT molecular complexity index is 669. The summed E-state index contributed by atoms with van der Waals surface area (Å²) in [5.74, 6) is 0. The van der Waals surface area contributed by atoms with E-state index in [1.54, 1.807) is 0 Å². The van der Waals surface area contributed by atoms with Gasteiger partial charge in [0, 0.05) is 39.6 Å². The van der Waals surface area contributed by atoms with Gasteiger partial charge in [-0.3, -0.25) is 0 Å². The summed E-state index contributed by atoms with van der Waals surface area (Å²) >= 11 is 0. The fraction of sp³-hybridized carbons (Fsp3) is 0.500. The Hall–Kier alpha value is -1.96. The summed E-state index contributed by atoms with van der Waals surface area (Å²) in [5, 5.41) is 0. The maximum Gasteiger partial charge on any atom is 0.0398 e. The third-order valence-electron chi connectivity index (χ3n) is 4.44. The molecule has 2 heteroatoms. The van der Waals surface area contributed by atoms with Crippen LogP contribution in [0.2, 0.25) is 0 Å². The number of hydrogen-bond acceptors (Lipinski definition) is 2. The van der Waals surface area contributed by atoms with E-state index in [9.17, 15) is 0 Å². The molecule has 0 unspecified atom stereocenters. The van der Waals surface area contributed by atoms with E-state index in [2.05, 4.69) is 128 Å². The predicted molar refractivity (Wildman–Crippen MR) is 119 cm³/mol. The molecular weight excluding hydrogens is 316 g/mol. The third-order valence-corrected chi connectivity index (χ3v) is 4.44. The van der Waals surface area contributed by atoms with Crippen molar-refractivity contribution in [3.05, 3.63) is 59.7 Å². The number of benzene rings is 2. The molecule has 0 bridgehead atoms. The molecule has 0 aliphatic heterocycles. The molecule has 26 heavy (non-hydrogen) atoms. The first-order chi connectivity index (χ1) is 11.8. The van der Waals surface area contributed by atoms with Crippen LogP contribution in [0.15, 0.2) is 48.5 Å². The van der Waals surface area contributed by atoms with Gasteiger partial charge in [0.05, 0.1) is 0 Å².